The van der Waals surface area contributed by atoms with Crippen LogP contribution in [-0.4, -0.2) is 26.2 Å². The lowest BCUT2D eigenvalue weighted by Crippen LogP contribution is -2.33. The number of hydrogen-bond donors (Lipinski definition) is 2. The zero-order chi connectivity index (χ0) is 14.9. The molecule has 0 heterocycles. The third kappa shape index (κ3) is 3.16. The Morgan fingerprint density at radius 3 is 2.60 bits per heavy atom. The first-order chi connectivity index (χ1) is 9.31. The summed E-state index contributed by atoms with van der Waals surface area (Å²) in [4.78, 5) is -0.566. The molecule has 0 aliphatic heterocycles. The monoisotopic (exact) mass is 305 g/mol. The Labute approximate surface area is 116 Å². The van der Waals surface area contributed by atoms with E-state index in [0.717, 1.165) is 18.9 Å². The number of rotatable bonds is 4. The molecule has 2 atom stereocenters. The highest BCUT2D eigenvalue weighted by Gasteiger charge is 2.28. The van der Waals surface area contributed by atoms with Gasteiger partial charge in [-0.25, -0.2) is 21.9 Å². The lowest BCUT2D eigenvalue weighted by Gasteiger charge is -2.15. The summed E-state index contributed by atoms with van der Waals surface area (Å²) < 4.78 is 53.1. The largest absolute Gasteiger partial charge is 0.393 e. The molecule has 0 amide bonds. The summed E-state index contributed by atoms with van der Waals surface area (Å²) in [6.45, 7) is 1.42. The maximum Gasteiger partial charge on any atom is 0.243 e. The van der Waals surface area contributed by atoms with Crippen molar-refractivity contribution in [3.05, 3.63) is 29.3 Å². The van der Waals surface area contributed by atoms with Crippen molar-refractivity contribution in [2.45, 2.75) is 37.2 Å². The van der Waals surface area contributed by atoms with E-state index in [-0.39, 0.29) is 18.0 Å². The van der Waals surface area contributed by atoms with Crippen LogP contribution in [0.4, 0.5) is 8.78 Å². The molecular weight excluding hydrogens is 288 g/mol. The van der Waals surface area contributed by atoms with Crippen molar-refractivity contribution in [2.75, 3.05) is 6.54 Å². The predicted octanol–water partition coefficient (Wildman–Crippen LogP) is 1.71. The summed E-state index contributed by atoms with van der Waals surface area (Å²) >= 11 is 0. The molecular formula is C13H17F2NO3S. The van der Waals surface area contributed by atoms with Crippen LogP contribution in [0.2, 0.25) is 0 Å². The normalized spacial score (nSPS) is 23.2. The summed E-state index contributed by atoms with van der Waals surface area (Å²) in [7, 11) is -4.04. The number of halogens is 2. The molecule has 20 heavy (non-hydrogen) atoms. The van der Waals surface area contributed by atoms with Crippen molar-refractivity contribution in [1.82, 2.24) is 4.72 Å². The molecule has 1 saturated carbocycles. The Morgan fingerprint density at radius 2 is 2.00 bits per heavy atom. The van der Waals surface area contributed by atoms with E-state index < -0.39 is 32.7 Å². The minimum absolute atomic E-state index is 0.0549. The fraction of sp³-hybridized carbons (Fsp3) is 0.538. The van der Waals surface area contributed by atoms with Crippen LogP contribution in [-0.2, 0) is 10.0 Å². The number of benzene rings is 1. The predicted molar refractivity (Wildman–Crippen MR) is 69.6 cm³/mol. The van der Waals surface area contributed by atoms with Gasteiger partial charge in [0.15, 0.2) is 0 Å². The first-order valence-electron chi connectivity index (χ1n) is 6.44. The lowest BCUT2D eigenvalue weighted by molar-refractivity contribution is 0.134. The first-order valence-corrected chi connectivity index (χ1v) is 7.93. The van der Waals surface area contributed by atoms with E-state index in [1.54, 1.807) is 0 Å². The highest BCUT2D eigenvalue weighted by Crippen LogP contribution is 2.25. The molecule has 1 aliphatic rings. The smallest absolute Gasteiger partial charge is 0.243 e. The molecule has 0 bridgehead atoms. The third-order valence-electron chi connectivity index (χ3n) is 3.66. The molecule has 0 radical (unpaired) electrons. The van der Waals surface area contributed by atoms with Crippen LogP contribution < -0.4 is 4.72 Å². The molecule has 0 unspecified atom stereocenters. The van der Waals surface area contributed by atoms with E-state index >= 15 is 0 Å². The van der Waals surface area contributed by atoms with Crippen LogP contribution in [0.5, 0.6) is 0 Å². The number of aliphatic hydroxyl groups excluding tert-OH is 1. The number of aliphatic hydroxyl groups is 1. The van der Waals surface area contributed by atoms with Gasteiger partial charge in [0.2, 0.25) is 10.0 Å². The van der Waals surface area contributed by atoms with Gasteiger partial charge in [-0.3, -0.25) is 0 Å². The van der Waals surface area contributed by atoms with Crippen LogP contribution in [0.25, 0.3) is 0 Å². The fourth-order valence-corrected chi connectivity index (χ4v) is 3.62. The van der Waals surface area contributed by atoms with Crippen LogP contribution >= 0.6 is 0 Å². The van der Waals surface area contributed by atoms with Gasteiger partial charge in [-0.2, -0.15) is 0 Å². The first kappa shape index (κ1) is 15.3. The number of aryl methyl sites for hydroxylation is 1. The fourth-order valence-electron chi connectivity index (χ4n) is 2.39. The van der Waals surface area contributed by atoms with E-state index in [2.05, 4.69) is 4.72 Å². The quantitative estimate of drug-likeness (QED) is 0.890. The SMILES string of the molecule is Cc1cc(S(=O)(=O)NC[C@@H]2CCC[C@@H]2O)c(F)cc1F. The Morgan fingerprint density at radius 1 is 1.30 bits per heavy atom. The summed E-state index contributed by atoms with van der Waals surface area (Å²) in [6, 6.07) is 1.53. The number of nitrogens with one attached hydrogen (secondary N) is 1. The third-order valence-corrected chi connectivity index (χ3v) is 5.10. The van der Waals surface area contributed by atoms with Gasteiger partial charge < -0.3 is 5.11 Å². The van der Waals surface area contributed by atoms with Crippen LogP contribution in [0.1, 0.15) is 24.8 Å². The molecule has 2 N–H and O–H groups in total. The van der Waals surface area contributed by atoms with Crippen molar-refractivity contribution in [2.24, 2.45) is 5.92 Å². The molecule has 1 aliphatic carbocycles. The number of sulfonamides is 1. The highest BCUT2D eigenvalue weighted by atomic mass is 32.2. The molecule has 0 aromatic heterocycles. The van der Waals surface area contributed by atoms with Gasteiger partial charge in [0.05, 0.1) is 6.10 Å². The molecule has 1 aromatic rings. The highest BCUT2D eigenvalue weighted by molar-refractivity contribution is 7.89. The average molecular weight is 305 g/mol. The Balaban J connectivity index is 2.16. The zero-order valence-corrected chi connectivity index (χ0v) is 11.9. The summed E-state index contributed by atoms with van der Waals surface area (Å²) in [5.41, 5.74) is 0.0627. The minimum Gasteiger partial charge on any atom is -0.393 e. The molecule has 4 nitrogen and oxygen atoms in total. The van der Waals surface area contributed by atoms with Gasteiger partial charge >= 0.3 is 0 Å². The lowest BCUT2D eigenvalue weighted by atomic mass is 10.1. The van der Waals surface area contributed by atoms with Gasteiger partial charge in [-0.15, -0.1) is 0 Å². The van der Waals surface area contributed by atoms with Crippen molar-refractivity contribution < 1.29 is 22.3 Å². The number of hydrogen-bond acceptors (Lipinski definition) is 3. The summed E-state index contributed by atoms with van der Waals surface area (Å²) in [5.74, 6) is -2.06. The van der Waals surface area contributed by atoms with Gasteiger partial charge in [0, 0.05) is 12.6 Å². The molecule has 1 aromatic carbocycles. The van der Waals surface area contributed by atoms with Crippen molar-refractivity contribution >= 4 is 10.0 Å². The molecule has 112 valence electrons. The molecule has 2 rings (SSSR count). The topological polar surface area (TPSA) is 66.4 Å². The van der Waals surface area contributed by atoms with Crippen molar-refractivity contribution in [3.63, 3.8) is 0 Å². The molecule has 0 spiro atoms. The van der Waals surface area contributed by atoms with Crippen LogP contribution in [0, 0.1) is 24.5 Å². The van der Waals surface area contributed by atoms with Gasteiger partial charge in [0.25, 0.3) is 0 Å². The molecule has 1 fully saturated rings. The second-order valence-corrected chi connectivity index (χ2v) is 6.88. The van der Waals surface area contributed by atoms with Gasteiger partial charge in [0.1, 0.15) is 16.5 Å². The van der Waals surface area contributed by atoms with Crippen molar-refractivity contribution in [3.8, 4) is 0 Å². The average Bonchev–Trinajstić information content (AvgIpc) is 2.77. The van der Waals surface area contributed by atoms with Crippen LogP contribution in [0.15, 0.2) is 17.0 Å². The Kier molecular flexibility index (Phi) is 4.41. The molecule has 7 heteroatoms. The summed E-state index contributed by atoms with van der Waals surface area (Å²) in [5, 5.41) is 9.63. The summed E-state index contributed by atoms with van der Waals surface area (Å²) in [6.07, 6.45) is 1.69. The Hall–Kier alpha value is -1.05. The Bertz CT molecular complexity index is 604. The standard InChI is InChI=1S/C13H17F2NO3S/c1-8-5-13(11(15)6-10(8)14)20(18,19)16-7-9-3-2-4-12(9)17/h5-6,9,12,16-17H,2-4,7H2,1H3/t9-,12-/m0/s1. The minimum atomic E-state index is -4.04. The molecule has 0 saturated heterocycles. The maximum atomic E-state index is 13.6. The van der Waals surface area contributed by atoms with Gasteiger partial charge in [-0.05, 0) is 37.3 Å². The van der Waals surface area contributed by atoms with E-state index in [9.17, 15) is 22.3 Å². The van der Waals surface area contributed by atoms with Crippen LogP contribution in [0.3, 0.4) is 0 Å². The van der Waals surface area contributed by atoms with Crippen molar-refractivity contribution in [1.29, 1.82) is 0 Å². The maximum absolute atomic E-state index is 13.6. The van der Waals surface area contributed by atoms with Gasteiger partial charge in [-0.1, -0.05) is 6.42 Å². The van der Waals surface area contributed by atoms with E-state index in [4.69, 9.17) is 0 Å². The zero-order valence-electron chi connectivity index (χ0n) is 11.1. The van der Waals surface area contributed by atoms with E-state index in [1.165, 1.54) is 6.92 Å². The second kappa shape index (κ2) is 5.75. The van der Waals surface area contributed by atoms with E-state index in [1.807, 2.05) is 0 Å². The van der Waals surface area contributed by atoms with E-state index in [0.29, 0.717) is 12.5 Å². The second-order valence-electron chi connectivity index (χ2n) is 5.14.